The van der Waals surface area contributed by atoms with E-state index < -0.39 is 0 Å². The minimum absolute atomic E-state index is 0.320. The zero-order valence-electron chi connectivity index (χ0n) is 11.4. The Morgan fingerprint density at radius 2 is 2.33 bits per heavy atom. The average molecular weight is 250 g/mol. The van der Waals surface area contributed by atoms with Gasteiger partial charge >= 0.3 is 0 Å². The zero-order chi connectivity index (χ0) is 13.0. The van der Waals surface area contributed by atoms with Crippen molar-refractivity contribution in [2.45, 2.75) is 32.9 Å². The molecule has 0 radical (unpaired) electrons. The van der Waals surface area contributed by atoms with Crippen LogP contribution in [0.1, 0.15) is 25.1 Å². The van der Waals surface area contributed by atoms with E-state index in [2.05, 4.69) is 34.0 Å². The molecule has 0 aromatic carbocycles. The van der Waals surface area contributed by atoms with Gasteiger partial charge in [-0.05, 0) is 13.8 Å². The Balaban J connectivity index is 2.30. The lowest BCUT2D eigenvalue weighted by Gasteiger charge is -2.31. The van der Waals surface area contributed by atoms with Gasteiger partial charge in [-0.3, -0.25) is 0 Å². The lowest BCUT2D eigenvalue weighted by Crippen LogP contribution is -2.39. The summed E-state index contributed by atoms with van der Waals surface area (Å²) in [7, 11) is 1.74. The second kappa shape index (κ2) is 6.11. The molecule has 0 fully saturated rings. The molecule has 18 heavy (non-hydrogen) atoms. The molecule has 1 aliphatic heterocycles. The highest BCUT2D eigenvalue weighted by Gasteiger charge is 2.21. The fraction of sp³-hybridized carbons (Fsp3) is 0.692. The molecule has 0 bridgehead atoms. The van der Waals surface area contributed by atoms with Gasteiger partial charge in [0.25, 0.3) is 0 Å². The summed E-state index contributed by atoms with van der Waals surface area (Å²) in [4.78, 5) is 11.2. The number of fused-ring (bicyclic) bond motifs is 1. The summed E-state index contributed by atoms with van der Waals surface area (Å²) in [6.45, 7) is 7.81. The molecular weight excluding hydrogens is 228 g/mol. The third-order valence-electron chi connectivity index (χ3n) is 3.40. The molecule has 0 spiro atoms. The highest BCUT2D eigenvalue weighted by Crippen LogP contribution is 2.23. The van der Waals surface area contributed by atoms with Crippen molar-refractivity contribution in [3.05, 3.63) is 17.6 Å². The fourth-order valence-corrected chi connectivity index (χ4v) is 2.50. The molecule has 5 heteroatoms. The number of methoxy groups -OCH3 is 1. The third-order valence-corrected chi connectivity index (χ3v) is 3.40. The summed E-state index contributed by atoms with van der Waals surface area (Å²) in [5.41, 5.74) is 2.43. The first-order valence-corrected chi connectivity index (χ1v) is 6.57. The van der Waals surface area contributed by atoms with Crippen molar-refractivity contribution in [3.8, 4) is 0 Å². The van der Waals surface area contributed by atoms with Crippen LogP contribution in [0.5, 0.6) is 0 Å². The Labute approximate surface area is 109 Å². The third kappa shape index (κ3) is 2.62. The molecule has 0 aliphatic carbocycles. The number of rotatable bonds is 5. The SMILES string of the molecule is CCN(c1ncnc2c1CNCC2)C(C)COC. The van der Waals surface area contributed by atoms with Crippen molar-refractivity contribution in [1.82, 2.24) is 15.3 Å². The number of anilines is 1. The molecule has 1 aliphatic rings. The van der Waals surface area contributed by atoms with Crippen molar-refractivity contribution in [2.75, 3.05) is 31.7 Å². The van der Waals surface area contributed by atoms with Crippen molar-refractivity contribution in [3.63, 3.8) is 0 Å². The van der Waals surface area contributed by atoms with E-state index in [0.717, 1.165) is 31.9 Å². The van der Waals surface area contributed by atoms with Crippen LogP contribution in [-0.2, 0) is 17.7 Å². The normalized spacial score (nSPS) is 16.2. The van der Waals surface area contributed by atoms with Gasteiger partial charge in [-0.15, -0.1) is 0 Å². The van der Waals surface area contributed by atoms with Crippen LogP contribution in [0, 0.1) is 0 Å². The van der Waals surface area contributed by atoms with Gasteiger partial charge in [0.2, 0.25) is 0 Å². The number of ether oxygens (including phenoxy) is 1. The van der Waals surface area contributed by atoms with Crippen molar-refractivity contribution in [1.29, 1.82) is 0 Å². The summed E-state index contributed by atoms with van der Waals surface area (Å²) in [6, 6.07) is 0.320. The minimum Gasteiger partial charge on any atom is -0.383 e. The number of aromatic nitrogens is 2. The predicted octanol–water partition coefficient (Wildman–Crippen LogP) is 0.983. The number of nitrogens with one attached hydrogen (secondary N) is 1. The fourth-order valence-electron chi connectivity index (χ4n) is 2.50. The van der Waals surface area contributed by atoms with Gasteiger partial charge in [0.15, 0.2) is 0 Å². The lowest BCUT2D eigenvalue weighted by atomic mass is 10.1. The van der Waals surface area contributed by atoms with E-state index in [0.29, 0.717) is 12.6 Å². The van der Waals surface area contributed by atoms with Gasteiger partial charge in [-0.2, -0.15) is 0 Å². The maximum Gasteiger partial charge on any atom is 0.137 e. The van der Waals surface area contributed by atoms with Crippen LogP contribution in [-0.4, -0.2) is 42.8 Å². The first-order valence-electron chi connectivity index (χ1n) is 6.57. The summed E-state index contributed by atoms with van der Waals surface area (Å²) < 4.78 is 5.25. The van der Waals surface area contributed by atoms with Crippen LogP contribution < -0.4 is 10.2 Å². The average Bonchev–Trinajstić information content (AvgIpc) is 2.40. The topological polar surface area (TPSA) is 50.3 Å². The Hall–Kier alpha value is -1.20. The smallest absolute Gasteiger partial charge is 0.137 e. The van der Waals surface area contributed by atoms with Gasteiger partial charge in [-0.1, -0.05) is 0 Å². The second-order valence-corrected chi connectivity index (χ2v) is 4.64. The highest BCUT2D eigenvalue weighted by molar-refractivity contribution is 5.50. The maximum atomic E-state index is 5.25. The van der Waals surface area contributed by atoms with Gasteiger partial charge in [0.1, 0.15) is 12.1 Å². The quantitative estimate of drug-likeness (QED) is 0.844. The van der Waals surface area contributed by atoms with E-state index in [4.69, 9.17) is 4.74 Å². The van der Waals surface area contributed by atoms with Gasteiger partial charge in [-0.25, -0.2) is 9.97 Å². The summed E-state index contributed by atoms with van der Waals surface area (Å²) >= 11 is 0. The summed E-state index contributed by atoms with van der Waals surface area (Å²) in [6.07, 6.45) is 2.67. The minimum atomic E-state index is 0.320. The predicted molar refractivity (Wildman–Crippen MR) is 71.8 cm³/mol. The van der Waals surface area contributed by atoms with Crippen LogP contribution in [0.4, 0.5) is 5.82 Å². The molecule has 5 nitrogen and oxygen atoms in total. The Bertz CT molecular complexity index is 397. The molecule has 100 valence electrons. The maximum absolute atomic E-state index is 5.25. The van der Waals surface area contributed by atoms with Crippen molar-refractivity contribution < 1.29 is 4.74 Å². The van der Waals surface area contributed by atoms with Crippen LogP contribution in [0.15, 0.2) is 6.33 Å². The standard InChI is InChI=1S/C13H22N4O/c1-4-17(10(2)8-18-3)13-11-7-14-6-5-12(11)15-9-16-13/h9-10,14H,4-8H2,1-3H3. The molecule has 1 aromatic rings. The van der Waals surface area contributed by atoms with Gasteiger partial charge in [0, 0.05) is 38.7 Å². The molecule has 1 aromatic heterocycles. The van der Waals surface area contributed by atoms with Crippen LogP contribution in [0.3, 0.4) is 0 Å². The molecule has 1 atom stereocenters. The first-order chi connectivity index (χ1) is 8.77. The van der Waals surface area contributed by atoms with E-state index in [1.165, 1.54) is 11.3 Å². The number of likely N-dealkylation sites (N-methyl/N-ethyl adjacent to an activating group) is 1. The van der Waals surface area contributed by atoms with E-state index in [1.807, 2.05) is 0 Å². The second-order valence-electron chi connectivity index (χ2n) is 4.64. The van der Waals surface area contributed by atoms with E-state index in [9.17, 15) is 0 Å². The molecule has 0 saturated heterocycles. The van der Waals surface area contributed by atoms with E-state index in [-0.39, 0.29) is 0 Å². The number of hydrogen-bond acceptors (Lipinski definition) is 5. The Kier molecular flexibility index (Phi) is 4.49. The molecule has 1 N–H and O–H groups in total. The molecule has 0 amide bonds. The first kappa shape index (κ1) is 13.2. The van der Waals surface area contributed by atoms with Crippen molar-refractivity contribution in [2.24, 2.45) is 0 Å². The van der Waals surface area contributed by atoms with E-state index >= 15 is 0 Å². The lowest BCUT2D eigenvalue weighted by molar-refractivity contribution is 0.181. The zero-order valence-corrected chi connectivity index (χ0v) is 11.4. The Morgan fingerprint density at radius 3 is 3.06 bits per heavy atom. The Morgan fingerprint density at radius 1 is 1.50 bits per heavy atom. The van der Waals surface area contributed by atoms with Crippen LogP contribution in [0.2, 0.25) is 0 Å². The molecule has 1 unspecified atom stereocenters. The summed E-state index contributed by atoms with van der Waals surface area (Å²) in [5, 5.41) is 3.39. The van der Waals surface area contributed by atoms with Crippen molar-refractivity contribution >= 4 is 5.82 Å². The number of nitrogens with zero attached hydrogens (tertiary/aromatic N) is 3. The van der Waals surface area contributed by atoms with Crippen LogP contribution >= 0.6 is 0 Å². The monoisotopic (exact) mass is 250 g/mol. The van der Waals surface area contributed by atoms with Gasteiger partial charge < -0.3 is 15.0 Å². The van der Waals surface area contributed by atoms with Crippen LogP contribution in [0.25, 0.3) is 0 Å². The van der Waals surface area contributed by atoms with E-state index in [1.54, 1.807) is 13.4 Å². The molecule has 2 heterocycles. The molecule has 0 saturated carbocycles. The summed E-state index contributed by atoms with van der Waals surface area (Å²) in [5.74, 6) is 1.05. The largest absolute Gasteiger partial charge is 0.383 e. The highest BCUT2D eigenvalue weighted by atomic mass is 16.5. The number of hydrogen-bond donors (Lipinski definition) is 1. The molecule has 2 rings (SSSR count). The molecular formula is C13H22N4O. The van der Waals surface area contributed by atoms with Gasteiger partial charge in [0.05, 0.1) is 18.3 Å².